The van der Waals surface area contributed by atoms with Crippen molar-refractivity contribution in [1.82, 2.24) is 4.98 Å². The number of pyridine rings is 1. The maximum Gasteiger partial charge on any atom is 0.317 e. The number of carbonyl (C=O) groups excluding carboxylic acids is 1. The first kappa shape index (κ1) is 19.6. The number of rotatable bonds is 5. The molecule has 1 aliphatic carbocycles. The third-order valence-electron chi connectivity index (χ3n) is 5.41. The molecular weight excluding hydrogens is 356 g/mol. The van der Waals surface area contributed by atoms with Gasteiger partial charge < -0.3 is 9.84 Å². The zero-order chi connectivity index (χ0) is 20.1. The average Bonchev–Trinajstić information content (AvgIpc) is 3.00. The van der Waals surface area contributed by atoms with Crippen molar-refractivity contribution in [3.8, 4) is 23.1 Å². The number of nitriles is 1. The molecule has 1 saturated carbocycles. The molecule has 1 fully saturated rings. The zero-order valence-corrected chi connectivity index (χ0v) is 15.8. The highest BCUT2D eigenvalue weighted by Crippen LogP contribution is 2.39. The summed E-state index contributed by atoms with van der Waals surface area (Å²) < 4.78 is 5.32. The van der Waals surface area contributed by atoms with E-state index in [1.807, 2.05) is 0 Å². The minimum absolute atomic E-state index is 0.252. The summed E-state index contributed by atoms with van der Waals surface area (Å²) in [6, 6.07) is 10.6. The molecule has 1 aromatic heterocycles. The second-order valence-electron chi connectivity index (χ2n) is 7.10. The predicted octanol–water partition coefficient (Wildman–Crippen LogP) is 4.24. The summed E-state index contributed by atoms with van der Waals surface area (Å²) in [6.45, 7) is 0. The van der Waals surface area contributed by atoms with Crippen molar-refractivity contribution in [2.45, 2.75) is 38.5 Å². The summed E-state index contributed by atoms with van der Waals surface area (Å²) in [5.41, 5.74) is 0.561. The van der Waals surface area contributed by atoms with E-state index >= 15 is 0 Å². The van der Waals surface area contributed by atoms with Crippen molar-refractivity contribution >= 4 is 11.8 Å². The first-order chi connectivity index (χ1) is 13.5. The normalized spacial score (nSPS) is 15.9. The van der Waals surface area contributed by atoms with Gasteiger partial charge in [0, 0.05) is 17.3 Å². The van der Waals surface area contributed by atoms with Crippen molar-refractivity contribution < 1.29 is 19.4 Å². The number of Topliss-reactive ketones (excluding diaryl/α,β-unsaturated/α-hetero) is 1. The van der Waals surface area contributed by atoms with Crippen molar-refractivity contribution in [1.29, 1.82) is 5.26 Å². The number of aliphatic carboxylic acids is 1. The Morgan fingerprint density at radius 2 is 1.89 bits per heavy atom. The maximum atomic E-state index is 13.3. The van der Waals surface area contributed by atoms with Crippen LogP contribution < -0.4 is 4.74 Å². The van der Waals surface area contributed by atoms with Crippen LogP contribution in [-0.4, -0.2) is 29.0 Å². The Bertz CT molecular complexity index is 938. The Labute approximate surface area is 163 Å². The molecule has 6 nitrogen and oxygen atoms in total. The minimum Gasteiger partial charge on any atom is -0.481 e. The first-order valence-corrected chi connectivity index (χ1v) is 9.34. The molecule has 144 valence electrons. The summed E-state index contributed by atoms with van der Waals surface area (Å²) in [5.74, 6) is -1.16. The van der Waals surface area contributed by atoms with Crippen LogP contribution in [-0.2, 0) is 4.79 Å². The van der Waals surface area contributed by atoms with Crippen LogP contribution in [0.4, 0.5) is 0 Å². The van der Waals surface area contributed by atoms with Crippen LogP contribution in [0.3, 0.4) is 0 Å². The number of ketones is 1. The van der Waals surface area contributed by atoms with E-state index in [1.54, 1.807) is 30.3 Å². The highest BCUT2D eigenvalue weighted by atomic mass is 16.5. The molecule has 0 spiro atoms. The van der Waals surface area contributed by atoms with Crippen molar-refractivity contribution in [2.24, 2.45) is 5.41 Å². The maximum absolute atomic E-state index is 13.3. The van der Waals surface area contributed by atoms with Gasteiger partial charge in [-0.1, -0.05) is 37.8 Å². The van der Waals surface area contributed by atoms with Crippen LogP contribution in [0.5, 0.6) is 5.88 Å². The van der Waals surface area contributed by atoms with Gasteiger partial charge in [0.2, 0.25) is 5.88 Å². The molecule has 1 heterocycles. The monoisotopic (exact) mass is 378 g/mol. The van der Waals surface area contributed by atoms with E-state index in [1.165, 1.54) is 13.3 Å². The van der Waals surface area contributed by atoms with Crippen LogP contribution in [0.1, 0.15) is 54.4 Å². The topological polar surface area (TPSA) is 100 Å². The number of methoxy groups -OCH3 is 1. The predicted molar refractivity (Wildman–Crippen MR) is 103 cm³/mol. The molecule has 2 aromatic rings. The van der Waals surface area contributed by atoms with E-state index in [4.69, 9.17) is 10.00 Å². The zero-order valence-electron chi connectivity index (χ0n) is 15.8. The fraction of sp³-hybridized carbons (Fsp3) is 0.364. The number of aromatic nitrogens is 1. The van der Waals surface area contributed by atoms with Gasteiger partial charge in [0.15, 0.2) is 5.78 Å². The number of carboxylic acid groups (broad SMARTS) is 1. The summed E-state index contributed by atoms with van der Waals surface area (Å²) in [7, 11) is 1.48. The largest absolute Gasteiger partial charge is 0.481 e. The molecule has 6 heteroatoms. The number of hydrogen-bond donors (Lipinski definition) is 1. The van der Waals surface area contributed by atoms with Gasteiger partial charge in [0.25, 0.3) is 0 Å². The van der Waals surface area contributed by atoms with Crippen LogP contribution in [0.25, 0.3) is 11.1 Å². The molecule has 28 heavy (non-hydrogen) atoms. The first-order valence-electron chi connectivity index (χ1n) is 9.34. The Hall–Kier alpha value is -3.20. The highest BCUT2D eigenvalue weighted by Gasteiger charge is 2.46. The standard InChI is InChI=1S/C22H22N2O4/c1-28-20-18(16-8-6-7-15(11-16)13-23)12-17(14-24-20)19(25)22(21(26)27)9-4-2-3-5-10-22/h6-8,11-12,14H,2-5,9-10H2,1H3,(H,26,27). The molecule has 0 atom stereocenters. The number of carbonyl (C=O) groups is 2. The van der Waals surface area contributed by atoms with E-state index in [9.17, 15) is 14.7 Å². The van der Waals surface area contributed by atoms with Gasteiger partial charge in [-0.3, -0.25) is 9.59 Å². The molecule has 0 radical (unpaired) electrons. The molecule has 1 aromatic carbocycles. The van der Waals surface area contributed by atoms with Crippen LogP contribution in [0.2, 0.25) is 0 Å². The highest BCUT2D eigenvalue weighted by molar-refractivity contribution is 6.12. The summed E-state index contributed by atoms with van der Waals surface area (Å²) in [6.07, 6.45) is 5.38. The van der Waals surface area contributed by atoms with Crippen molar-refractivity contribution in [2.75, 3.05) is 7.11 Å². The average molecular weight is 378 g/mol. The Morgan fingerprint density at radius 1 is 1.18 bits per heavy atom. The number of benzene rings is 1. The smallest absolute Gasteiger partial charge is 0.317 e. The fourth-order valence-electron chi connectivity index (χ4n) is 3.85. The molecule has 1 aliphatic rings. The molecule has 0 aliphatic heterocycles. The van der Waals surface area contributed by atoms with Crippen molar-refractivity contribution in [3.05, 3.63) is 47.7 Å². The fourth-order valence-corrected chi connectivity index (χ4v) is 3.85. The second kappa shape index (κ2) is 8.22. The van der Waals surface area contributed by atoms with Gasteiger partial charge in [-0.15, -0.1) is 0 Å². The van der Waals surface area contributed by atoms with E-state index in [-0.39, 0.29) is 5.56 Å². The van der Waals surface area contributed by atoms with Gasteiger partial charge in [-0.25, -0.2) is 4.98 Å². The molecule has 0 saturated heterocycles. The van der Waals surface area contributed by atoms with E-state index in [0.717, 1.165) is 25.7 Å². The lowest BCUT2D eigenvalue weighted by Crippen LogP contribution is -2.39. The number of ether oxygens (including phenoxy) is 1. The lowest BCUT2D eigenvalue weighted by Gasteiger charge is -2.26. The minimum atomic E-state index is -1.40. The molecule has 0 unspecified atom stereocenters. The molecule has 0 amide bonds. The molecule has 1 N–H and O–H groups in total. The summed E-state index contributed by atoms with van der Waals surface area (Å²) in [5, 5.41) is 19.1. The SMILES string of the molecule is COc1ncc(C(=O)C2(C(=O)O)CCCCCC2)cc1-c1cccc(C#N)c1. The van der Waals surface area contributed by atoms with Gasteiger partial charge in [0.05, 0.1) is 18.7 Å². The van der Waals surface area contributed by atoms with E-state index in [0.29, 0.717) is 35.4 Å². The lowest BCUT2D eigenvalue weighted by atomic mass is 9.74. The van der Waals surface area contributed by atoms with Gasteiger partial charge >= 0.3 is 5.97 Å². The third kappa shape index (κ3) is 3.61. The summed E-state index contributed by atoms with van der Waals surface area (Å²) in [4.78, 5) is 29.7. The molecule has 0 bridgehead atoms. The van der Waals surface area contributed by atoms with Gasteiger partial charge in [0.1, 0.15) is 5.41 Å². The quantitative estimate of drug-likeness (QED) is 0.474. The van der Waals surface area contributed by atoms with Crippen LogP contribution in [0, 0.1) is 16.7 Å². The van der Waals surface area contributed by atoms with Gasteiger partial charge in [-0.05, 0) is 36.6 Å². The third-order valence-corrected chi connectivity index (χ3v) is 5.41. The number of carboxylic acids is 1. The van der Waals surface area contributed by atoms with Crippen molar-refractivity contribution in [3.63, 3.8) is 0 Å². The Morgan fingerprint density at radius 3 is 2.50 bits per heavy atom. The Kier molecular flexibility index (Phi) is 5.74. The van der Waals surface area contributed by atoms with E-state index in [2.05, 4.69) is 11.1 Å². The van der Waals surface area contributed by atoms with Gasteiger partial charge in [-0.2, -0.15) is 5.26 Å². The number of nitrogens with zero attached hydrogens (tertiary/aromatic N) is 2. The summed E-state index contributed by atoms with van der Waals surface area (Å²) >= 11 is 0. The molecule has 3 rings (SSSR count). The lowest BCUT2D eigenvalue weighted by molar-refractivity contribution is -0.146. The van der Waals surface area contributed by atoms with Crippen LogP contribution >= 0.6 is 0 Å². The number of hydrogen-bond acceptors (Lipinski definition) is 5. The van der Waals surface area contributed by atoms with Crippen LogP contribution in [0.15, 0.2) is 36.5 Å². The van der Waals surface area contributed by atoms with E-state index < -0.39 is 17.2 Å². The Balaban J connectivity index is 2.08. The molecular formula is C22H22N2O4. The second-order valence-corrected chi connectivity index (χ2v) is 7.10.